The molecule has 0 spiro atoms. The van der Waals surface area contributed by atoms with Crippen molar-refractivity contribution >= 4 is 0 Å². The quantitative estimate of drug-likeness (QED) is 0.619. The van der Waals surface area contributed by atoms with E-state index in [0.717, 1.165) is 12.8 Å². The van der Waals surface area contributed by atoms with E-state index in [0.29, 0.717) is 5.41 Å². The van der Waals surface area contributed by atoms with Crippen molar-refractivity contribution in [2.45, 2.75) is 45.1 Å². The molecule has 0 aromatic rings. The summed E-state index contributed by atoms with van der Waals surface area (Å²) in [5, 5.41) is 9.19. The van der Waals surface area contributed by atoms with Gasteiger partial charge in [-0.3, -0.25) is 4.90 Å². The molecule has 0 N–H and O–H groups in total. The highest BCUT2D eigenvalue weighted by Crippen LogP contribution is 2.41. The summed E-state index contributed by atoms with van der Waals surface area (Å²) in [6.07, 6.45) is 4.37. The lowest BCUT2D eigenvalue weighted by Gasteiger charge is -2.42. The van der Waals surface area contributed by atoms with Gasteiger partial charge in [0.25, 0.3) is 0 Å². The van der Waals surface area contributed by atoms with Gasteiger partial charge in [-0.15, -0.1) is 0 Å². The van der Waals surface area contributed by atoms with Gasteiger partial charge in [0.2, 0.25) is 0 Å². The smallest absolute Gasteiger partial charge is 0.108 e. The molecule has 13 heavy (non-hydrogen) atoms. The second kappa shape index (κ2) is 3.31. The van der Waals surface area contributed by atoms with E-state index >= 15 is 0 Å². The van der Waals surface area contributed by atoms with Gasteiger partial charge in [0.05, 0.1) is 6.07 Å². The first-order valence-electron chi connectivity index (χ1n) is 5.01. The van der Waals surface area contributed by atoms with Gasteiger partial charge in [-0.25, -0.2) is 0 Å². The number of rotatable bonds is 1. The van der Waals surface area contributed by atoms with Gasteiger partial charge in [0, 0.05) is 0 Å². The summed E-state index contributed by atoms with van der Waals surface area (Å²) in [4.78, 5) is 2.09. The van der Waals surface area contributed by atoms with E-state index in [2.05, 4.69) is 24.8 Å². The van der Waals surface area contributed by atoms with Crippen LogP contribution in [0.15, 0.2) is 0 Å². The van der Waals surface area contributed by atoms with Gasteiger partial charge in [-0.05, 0) is 45.2 Å². The second-order valence-corrected chi connectivity index (χ2v) is 5.20. The minimum atomic E-state index is -0.185. The van der Waals surface area contributed by atoms with Crippen molar-refractivity contribution in [2.75, 3.05) is 14.1 Å². The Morgan fingerprint density at radius 1 is 1.08 bits per heavy atom. The van der Waals surface area contributed by atoms with Crippen molar-refractivity contribution in [3.8, 4) is 6.07 Å². The Bertz CT molecular complexity index is 213. The molecule has 1 saturated carbocycles. The maximum Gasteiger partial charge on any atom is 0.108 e. The fourth-order valence-electron chi connectivity index (χ4n) is 2.00. The Labute approximate surface area is 81.5 Å². The topological polar surface area (TPSA) is 27.0 Å². The molecule has 0 unspecified atom stereocenters. The van der Waals surface area contributed by atoms with E-state index in [-0.39, 0.29) is 5.54 Å². The predicted octanol–water partition coefficient (Wildman–Crippen LogP) is 2.41. The second-order valence-electron chi connectivity index (χ2n) is 5.20. The monoisotopic (exact) mass is 180 g/mol. The van der Waals surface area contributed by atoms with Crippen LogP contribution in [-0.4, -0.2) is 24.5 Å². The van der Waals surface area contributed by atoms with Gasteiger partial charge in [0.15, 0.2) is 0 Å². The zero-order valence-electron chi connectivity index (χ0n) is 9.22. The predicted molar refractivity (Wildman–Crippen MR) is 54.3 cm³/mol. The zero-order chi connectivity index (χ0) is 10.1. The van der Waals surface area contributed by atoms with E-state index < -0.39 is 0 Å². The molecule has 1 aliphatic rings. The van der Waals surface area contributed by atoms with Crippen molar-refractivity contribution in [1.82, 2.24) is 4.90 Å². The third-order valence-corrected chi connectivity index (χ3v) is 3.49. The number of nitriles is 1. The Balaban J connectivity index is 2.71. The van der Waals surface area contributed by atoms with Crippen LogP contribution in [0.2, 0.25) is 0 Å². The van der Waals surface area contributed by atoms with Crippen LogP contribution in [0.3, 0.4) is 0 Å². The molecule has 0 aromatic carbocycles. The van der Waals surface area contributed by atoms with Gasteiger partial charge < -0.3 is 0 Å². The van der Waals surface area contributed by atoms with Crippen LogP contribution in [0, 0.1) is 16.7 Å². The zero-order valence-corrected chi connectivity index (χ0v) is 9.22. The van der Waals surface area contributed by atoms with Crippen LogP contribution < -0.4 is 0 Å². The van der Waals surface area contributed by atoms with E-state index in [1.54, 1.807) is 0 Å². The molecule has 0 heterocycles. The van der Waals surface area contributed by atoms with Gasteiger partial charge in [-0.1, -0.05) is 13.8 Å². The highest BCUT2D eigenvalue weighted by molar-refractivity contribution is 5.10. The summed E-state index contributed by atoms with van der Waals surface area (Å²) in [5.74, 6) is 0. The molecule has 2 nitrogen and oxygen atoms in total. The molecule has 0 amide bonds. The van der Waals surface area contributed by atoms with Crippen molar-refractivity contribution in [1.29, 1.82) is 5.26 Å². The first kappa shape index (κ1) is 10.5. The van der Waals surface area contributed by atoms with Crippen LogP contribution >= 0.6 is 0 Å². The Kier molecular flexibility index (Phi) is 2.68. The van der Waals surface area contributed by atoms with Crippen LogP contribution in [-0.2, 0) is 0 Å². The molecular formula is C11H20N2. The standard InChI is InChI=1S/C11H20N2/c1-10(2)5-7-11(9-12,8-6-10)13(3)4/h5-8H2,1-4H3. The summed E-state index contributed by atoms with van der Waals surface area (Å²) in [5.41, 5.74) is 0.256. The molecule has 1 rings (SSSR count). The van der Waals surface area contributed by atoms with Gasteiger partial charge in [0.1, 0.15) is 5.54 Å². The molecule has 0 bridgehead atoms. The number of hydrogen-bond donors (Lipinski definition) is 0. The van der Waals surface area contributed by atoms with Crippen LogP contribution in [0.4, 0.5) is 0 Å². The summed E-state index contributed by atoms with van der Waals surface area (Å²) in [6, 6.07) is 2.48. The molecule has 0 aromatic heterocycles. The maximum absolute atomic E-state index is 9.19. The van der Waals surface area contributed by atoms with Gasteiger partial charge >= 0.3 is 0 Å². The van der Waals surface area contributed by atoms with E-state index in [9.17, 15) is 5.26 Å². The summed E-state index contributed by atoms with van der Waals surface area (Å²) >= 11 is 0. The Morgan fingerprint density at radius 2 is 1.54 bits per heavy atom. The molecule has 1 aliphatic carbocycles. The minimum Gasteiger partial charge on any atom is -0.292 e. The van der Waals surface area contributed by atoms with Gasteiger partial charge in [-0.2, -0.15) is 5.26 Å². The lowest BCUT2D eigenvalue weighted by Crippen LogP contribution is -2.47. The summed E-state index contributed by atoms with van der Waals surface area (Å²) in [7, 11) is 4.03. The molecule has 0 radical (unpaired) electrons. The SMILES string of the molecule is CN(C)C1(C#N)CCC(C)(C)CC1. The Morgan fingerprint density at radius 3 is 1.85 bits per heavy atom. The molecule has 0 saturated heterocycles. The highest BCUT2D eigenvalue weighted by atomic mass is 15.1. The van der Waals surface area contributed by atoms with Crippen molar-refractivity contribution in [3.05, 3.63) is 0 Å². The Hall–Kier alpha value is -0.550. The van der Waals surface area contributed by atoms with Crippen molar-refractivity contribution in [3.63, 3.8) is 0 Å². The summed E-state index contributed by atoms with van der Waals surface area (Å²) < 4.78 is 0. The third kappa shape index (κ3) is 2.03. The average Bonchev–Trinajstić information content (AvgIpc) is 2.05. The van der Waals surface area contributed by atoms with Crippen molar-refractivity contribution in [2.24, 2.45) is 5.41 Å². The van der Waals surface area contributed by atoms with Crippen LogP contribution in [0.5, 0.6) is 0 Å². The first-order valence-corrected chi connectivity index (χ1v) is 5.01. The molecule has 0 aliphatic heterocycles. The molecule has 1 fully saturated rings. The van der Waals surface area contributed by atoms with E-state index in [4.69, 9.17) is 0 Å². The molecular weight excluding hydrogens is 160 g/mol. The van der Waals surface area contributed by atoms with Crippen LogP contribution in [0.1, 0.15) is 39.5 Å². The number of hydrogen-bond acceptors (Lipinski definition) is 2. The molecule has 0 atom stereocenters. The van der Waals surface area contributed by atoms with Crippen molar-refractivity contribution < 1.29 is 0 Å². The molecule has 74 valence electrons. The lowest BCUT2D eigenvalue weighted by molar-refractivity contribution is 0.0964. The highest BCUT2D eigenvalue weighted by Gasteiger charge is 2.39. The fraction of sp³-hybridized carbons (Fsp3) is 0.909. The number of nitrogens with zero attached hydrogens (tertiary/aromatic N) is 2. The summed E-state index contributed by atoms with van der Waals surface area (Å²) in [6.45, 7) is 4.59. The normalized spacial score (nSPS) is 25.5. The lowest BCUT2D eigenvalue weighted by atomic mass is 9.69. The third-order valence-electron chi connectivity index (χ3n) is 3.49. The minimum absolute atomic E-state index is 0.185. The average molecular weight is 180 g/mol. The maximum atomic E-state index is 9.19. The van der Waals surface area contributed by atoms with E-state index in [1.165, 1.54) is 12.8 Å². The molecule has 2 heteroatoms. The first-order chi connectivity index (χ1) is 5.92. The largest absolute Gasteiger partial charge is 0.292 e. The van der Waals surface area contributed by atoms with Crippen LogP contribution in [0.25, 0.3) is 0 Å². The van der Waals surface area contributed by atoms with E-state index in [1.807, 2.05) is 14.1 Å². The fourth-order valence-corrected chi connectivity index (χ4v) is 2.00.